The fourth-order valence-electron chi connectivity index (χ4n) is 2.36. The highest BCUT2D eigenvalue weighted by Crippen LogP contribution is 2.27. The summed E-state index contributed by atoms with van der Waals surface area (Å²) >= 11 is 6.12. The van der Waals surface area contributed by atoms with Gasteiger partial charge in [0, 0.05) is 36.6 Å². The van der Waals surface area contributed by atoms with E-state index in [9.17, 15) is 10.1 Å². The van der Waals surface area contributed by atoms with Crippen LogP contribution >= 0.6 is 11.6 Å². The summed E-state index contributed by atoms with van der Waals surface area (Å²) in [6, 6.07) is 7.43. The Morgan fingerprint density at radius 1 is 1.52 bits per heavy atom. The van der Waals surface area contributed by atoms with Crippen molar-refractivity contribution in [1.29, 1.82) is 5.26 Å². The molecule has 1 aliphatic rings. The van der Waals surface area contributed by atoms with Crippen LogP contribution in [0.4, 0.5) is 0 Å². The molecule has 2 rings (SSSR count). The van der Waals surface area contributed by atoms with Crippen LogP contribution in [0.15, 0.2) is 18.2 Å². The smallest absolute Gasteiger partial charge is 0.225 e. The molecule has 1 aromatic rings. The van der Waals surface area contributed by atoms with Gasteiger partial charge in [-0.2, -0.15) is 5.26 Å². The largest absolute Gasteiger partial charge is 0.496 e. The molecule has 1 heterocycles. The first-order valence-electron chi connectivity index (χ1n) is 6.71. The Hall–Kier alpha value is -1.77. The first-order valence-corrected chi connectivity index (χ1v) is 7.09. The van der Waals surface area contributed by atoms with Crippen molar-refractivity contribution in [3.8, 4) is 11.8 Å². The Morgan fingerprint density at radius 2 is 2.24 bits per heavy atom. The summed E-state index contributed by atoms with van der Waals surface area (Å²) in [4.78, 5) is 12.2. The van der Waals surface area contributed by atoms with Gasteiger partial charge >= 0.3 is 0 Å². The fourth-order valence-corrected chi connectivity index (χ4v) is 2.59. The molecule has 0 radical (unpaired) electrons. The lowest BCUT2D eigenvalue weighted by Gasteiger charge is -2.31. The summed E-state index contributed by atoms with van der Waals surface area (Å²) in [6.45, 7) is 0.951. The van der Waals surface area contributed by atoms with Crippen LogP contribution in [-0.4, -0.2) is 31.8 Å². The molecule has 0 saturated carbocycles. The average Bonchev–Trinajstić information content (AvgIpc) is 2.50. The molecule has 5 nitrogen and oxygen atoms in total. The molecule has 0 spiro atoms. The highest BCUT2D eigenvalue weighted by Gasteiger charge is 2.34. The molecule has 1 aliphatic heterocycles. The van der Waals surface area contributed by atoms with Gasteiger partial charge in [0.2, 0.25) is 5.91 Å². The Labute approximate surface area is 128 Å². The van der Waals surface area contributed by atoms with E-state index in [4.69, 9.17) is 21.1 Å². The van der Waals surface area contributed by atoms with E-state index in [1.54, 1.807) is 18.2 Å². The van der Waals surface area contributed by atoms with E-state index in [2.05, 4.69) is 11.4 Å². The van der Waals surface area contributed by atoms with Crippen molar-refractivity contribution >= 4 is 17.5 Å². The predicted molar refractivity (Wildman–Crippen MR) is 78.2 cm³/mol. The van der Waals surface area contributed by atoms with Gasteiger partial charge < -0.3 is 14.8 Å². The number of nitrogens with zero attached hydrogens (tertiary/aromatic N) is 1. The average molecular weight is 309 g/mol. The molecule has 1 N–H and O–H groups in total. The van der Waals surface area contributed by atoms with Gasteiger partial charge in [0.1, 0.15) is 11.3 Å². The molecular formula is C15H17ClN2O3. The topological polar surface area (TPSA) is 71.3 Å². The maximum absolute atomic E-state index is 12.2. The lowest BCUT2D eigenvalue weighted by atomic mass is 9.91. The standard InChI is InChI=1S/C15H17ClN2O3/c1-20-13-4-2-3-12(16)11(13)9-14(19)18-15(10-17)5-7-21-8-6-15/h2-4H,5-9H2,1H3,(H,18,19). The molecule has 0 aromatic heterocycles. The number of amides is 1. The van der Waals surface area contributed by atoms with Crippen LogP contribution in [0, 0.1) is 11.3 Å². The zero-order valence-electron chi connectivity index (χ0n) is 11.8. The van der Waals surface area contributed by atoms with Gasteiger partial charge in [0.25, 0.3) is 0 Å². The van der Waals surface area contributed by atoms with Gasteiger partial charge in [-0.1, -0.05) is 17.7 Å². The third kappa shape index (κ3) is 3.66. The van der Waals surface area contributed by atoms with Crippen molar-refractivity contribution in [3.63, 3.8) is 0 Å². The summed E-state index contributed by atoms with van der Waals surface area (Å²) < 4.78 is 10.5. The van der Waals surface area contributed by atoms with Gasteiger partial charge in [0.15, 0.2) is 0 Å². The Morgan fingerprint density at radius 3 is 2.86 bits per heavy atom. The van der Waals surface area contributed by atoms with Gasteiger partial charge in [-0.05, 0) is 12.1 Å². The maximum Gasteiger partial charge on any atom is 0.225 e. The van der Waals surface area contributed by atoms with Gasteiger partial charge in [-0.15, -0.1) is 0 Å². The lowest BCUT2D eigenvalue weighted by Crippen LogP contribution is -2.51. The second kappa shape index (κ2) is 6.79. The number of ether oxygens (including phenoxy) is 2. The number of carbonyl (C=O) groups is 1. The summed E-state index contributed by atoms with van der Waals surface area (Å²) in [5.41, 5.74) is -0.219. The number of nitriles is 1. The van der Waals surface area contributed by atoms with Crippen molar-refractivity contribution in [2.24, 2.45) is 0 Å². The van der Waals surface area contributed by atoms with Crippen molar-refractivity contribution < 1.29 is 14.3 Å². The number of halogens is 1. The van der Waals surface area contributed by atoms with Crippen LogP contribution in [0.2, 0.25) is 5.02 Å². The molecule has 0 aliphatic carbocycles. The number of hydrogen-bond donors (Lipinski definition) is 1. The first-order chi connectivity index (χ1) is 10.1. The van der Waals surface area contributed by atoms with Crippen molar-refractivity contribution in [2.45, 2.75) is 24.8 Å². The molecule has 0 unspecified atom stereocenters. The molecular weight excluding hydrogens is 292 g/mol. The van der Waals surface area contributed by atoms with E-state index in [1.165, 1.54) is 7.11 Å². The Balaban J connectivity index is 2.10. The lowest BCUT2D eigenvalue weighted by molar-refractivity contribution is -0.122. The zero-order valence-corrected chi connectivity index (χ0v) is 12.6. The van der Waals surface area contributed by atoms with Gasteiger partial charge in [-0.25, -0.2) is 0 Å². The summed E-state index contributed by atoms with van der Waals surface area (Å²) in [5, 5.41) is 12.6. The highest BCUT2D eigenvalue weighted by atomic mass is 35.5. The second-order valence-electron chi connectivity index (χ2n) is 4.95. The van der Waals surface area contributed by atoms with Crippen LogP contribution in [0.5, 0.6) is 5.75 Å². The van der Waals surface area contributed by atoms with E-state index in [0.29, 0.717) is 42.4 Å². The summed E-state index contributed by atoms with van der Waals surface area (Å²) in [6.07, 6.45) is 1.07. The SMILES string of the molecule is COc1cccc(Cl)c1CC(=O)NC1(C#N)CCOCC1. The van der Waals surface area contributed by atoms with Crippen LogP contribution < -0.4 is 10.1 Å². The molecule has 1 aromatic carbocycles. The monoisotopic (exact) mass is 308 g/mol. The fraction of sp³-hybridized carbons (Fsp3) is 0.467. The van der Waals surface area contributed by atoms with Crippen LogP contribution in [0.3, 0.4) is 0 Å². The zero-order chi connectivity index (χ0) is 15.3. The quantitative estimate of drug-likeness (QED) is 0.924. The summed E-state index contributed by atoms with van der Waals surface area (Å²) in [7, 11) is 1.53. The number of hydrogen-bond acceptors (Lipinski definition) is 4. The van der Waals surface area contributed by atoms with E-state index in [0.717, 1.165) is 0 Å². The van der Waals surface area contributed by atoms with Gasteiger partial charge in [-0.3, -0.25) is 4.79 Å². The predicted octanol–water partition coefficient (Wildman–Crippen LogP) is 2.08. The van der Waals surface area contributed by atoms with Crippen LogP contribution in [0.1, 0.15) is 18.4 Å². The van der Waals surface area contributed by atoms with E-state index in [1.807, 2.05) is 0 Å². The number of benzene rings is 1. The third-order valence-corrected chi connectivity index (χ3v) is 3.93. The minimum absolute atomic E-state index is 0.0765. The molecule has 21 heavy (non-hydrogen) atoms. The molecule has 112 valence electrons. The van der Waals surface area contributed by atoms with E-state index >= 15 is 0 Å². The summed E-state index contributed by atoms with van der Waals surface area (Å²) in [5.74, 6) is 0.320. The minimum Gasteiger partial charge on any atom is -0.496 e. The van der Waals surface area contributed by atoms with Crippen molar-refractivity contribution in [2.75, 3.05) is 20.3 Å². The first kappa shape index (κ1) is 15.6. The number of nitrogens with one attached hydrogen (secondary N) is 1. The highest BCUT2D eigenvalue weighted by molar-refractivity contribution is 6.31. The maximum atomic E-state index is 12.2. The van der Waals surface area contributed by atoms with Gasteiger partial charge in [0.05, 0.1) is 19.6 Å². The second-order valence-corrected chi connectivity index (χ2v) is 5.36. The molecule has 6 heteroatoms. The normalized spacial score (nSPS) is 16.8. The van der Waals surface area contributed by atoms with Crippen LogP contribution in [0.25, 0.3) is 0 Å². The van der Waals surface area contributed by atoms with Crippen molar-refractivity contribution in [3.05, 3.63) is 28.8 Å². The molecule has 1 saturated heterocycles. The molecule has 1 amide bonds. The molecule has 0 atom stereocenters. The Bertz CT molecular complexity index is 563. The number of methoxy groups -OCH3 is 1. The third-order valence-electron chi connectivity index (χ3n) is 3.57. The minimum atomic E-state index is -0.843. The van der Waals surface area contributed by atoms with E-state index in [-0.39, 0.29) is 12.3 Å². The molecule has 1 fully saturated rings. The van der Waals surface area contributed by atoms with E-state index < -0.39 is 5.54 Å². The number of carbonyl (C=O) groups excluding carboxylic acids is 1. The Kier molecular flexibility index (Phi) is 5.05. The number of rotatable bonds is 4. The van der Waals surface area contributed by atoms with Crippen molar-refractivity contribution in [1.82, 2.24) is 5.32 Å². The van der Waals surface area contributed by atoms with Crippen LogP contribution in [-0.2, 0) is 16.0 Å². The molecule has 0 bridgehead atoms.